The van der Waals surface area contributed by atoms with E-state index in [0.29, 0.717) is 35.2 Å². The topological polar surface area (TPSA) is 171 Å². The number of allylic oxidation sites excluding steroid dienone is 1. The molecular weight excluding hydrogens is 448 g/mol. The standard InChI is InChI=1S/C25H24N6O4/c1-3-19-21(22(26)30-24(27)29-19)17-8-9-18(20(11-17)31(34)35)25(2)12-15(13-28-25)10-14-4-6-16(7-5-14)23(32)33/h4-9,11-13H,3,10H2,1-2H3,(H,32,33)(H4,26,27,29,30). The minimum absolute atomic E-state index is 0.0530. The maximum absolute atomic E-state index is 12.1. The number of aliphatic imine (C=N–C) groups is 1. The number of nitro groups is 1. The SMILES string of the molecule is CCc1nc(N)nc(N)c1-c1ccc(C2(C)C=C(Cc3ccc(C(=O)O)cc3)C=N2)c([N+](=O)[O-])c1. The van der Waals surface area contributed by atoms with E-state index in [4.69, 9.17) is 16.6 Å². The number of benzene rings is 2. The molecule has 0 aliphatic carbocycles. The van der Waals surface area contributed by atoms with Gasteiger partial charge < -0.3 is 16.6 Å². The molecule has 3 aromatic rings. The smallest absolute Gasteiger partial charge is 0.335 e. The van der Waals surface area contributed by atoms with Gasteiger partial charge in [-0.05, 0) is 60.7 Å². The van der Waals surface area contributed by atoms with E-state index in [9.17, 15) is 14.9 Å². The second kappa shape index (κ2) is 8.98. The van der Waals surface area contributed by atoms with Crippen molar-refractivity contribution in [3.8, 4) is 11.1 Å². The summed E-state index contributed by atoms with van der Waals surface area (Å²) in [6, 6.07) is 11.5. The Balaban J connectivity index is 1.70. The van der Waals surface area contributed by atoms with Crippen molar-refractivity contribution >= 4 is 29.6 Å². The Kier molecular flexibility index (Phi) is 6.04. The van der Waals surface area contributed by atoms with Crippen LogP contribution < -0.4 is 11.5 Å². The summed E-state index contributed by atoms with van der Waals surface area (Å²) < 4.78 is 0. The van der Waals surface area contributed by atoms with Crippen LogP contribution >= 0.6 is 0 Å². The fourth-order valence-electron chi connectivity index (χ4n) is 4.28. The third kappa shape index (κ3) is 4.58. The molecule has 0 amide bonds. The predicted molar refractivity (Wildman–Crippen MR) is 133 cm³/mol. The minimum Gasteiger partial charge on any atom is -0.478 e. The fraction of sp³-hybridized carbons (Fsp3) is 0.200. The number of aromatic carboxylic acids is 1. The first-order valence-electron chi connectivity index (χ1n) is 10.9. The molecule has 0 spiro atoms. The van der Waals surface area contributed by atoms with Gasteiger partial charge in [0.15, 0.2) is 0 Å². The number of hydrogen-bond donors (Lipinski definition) is 3. The van der Waals surface area contributed by atoms with Crippen LogP contribution in [-0.2, 0) is 18.4 Å². The summed E-state index contributed by atoms with van der Waals surface area (Å²) in [6.07, 6.45) is 4.63. The number of aromatic nitrogens is 2. The van der Waals surface area contributed by atoms with Gasteiger partial charge >= 0.3 is 5.97 Å². The number of carbonyl (C=O) groups is 1. The number of nitrogens with two attached hydrogens (primary N) is 2. The van der Waals surface area contributed by atoms with Crippen molar-refractivity contribution in [2.75, 3.05) is 11.5 Å². The van der Waals surface area contributed by atoms with E-state index < -0.39 is 16.4 Å². The molecule has 5 N–H and O–H groups in total. The summed E-state index contributed by atoms with van der Waals surface area (Å²) in [7, 11) is 0. The first-order chi connectivity index (χ1) is 16.6. The van der Waals surface area contributed by atoms with Crippen LogP contribution in [0, 0.1) is 10.1 Å². The Hall–Kier alpha value is -4.60. The lowest BCUT2D eigenvalue weighted by molar-refractivity contribution is -0.385. The molecule has 2 heterocycles. The molecule has 0 radical (unpaired) electrons. The Morgan fingerprint density at radius 2 is 1.86 bits per heavy atom. The molecule has 0 saturated carbocycles. The van der Waals surface area contributed by atoms with Crippen LogP contribution in [0.4, 0.5) is 17.5 Å². The number of carboxylic acid groups (broad SMARTS) is 1. The van der Waals surface area contributed by atoms with Gasteiger partial charge in [-0.2, -0.15) is 4.98 Å². The zero-order chi connectivity index (χ0) is 25.3. The number of aryl methyl sites for hydroxylation is 1. The molecule has 1 unspecified atom stereocenters. The lowest BCUT2D eigenvalue weighted by atomic mass is 9.88. The molecule has 4 rings (SSSR count). The van der Waals surface area contributed by atoms with Gasteiger partial charge in [-0.15, -0.1) is 0 Å². The summed E-state index contributed by atoms with van der Waals surface area (Å²) in [5, 5.41) is 21.1. The number of carboxylic acids is 1. The van der Waals surface area contributed by atoms with Gasteiger partial charge in [0.25, 0.3) is 5.69 Å². The highest BCUT2D eigenvalue weighted by Gasteiger charge is 2.34. The lowest BCUT2D eigenvalue weighted by Crippen LogP contribution is -2.16. The molecule has 2 aromatic carbocycles. The van der Waals surface area contributed by atoms with Crippen LogP contribution in [0.15, 0.2) is 59.1 Å². The van der Waals surface area contributed by atoms with E-state index in [1.165, 1.54) is 6.07 Å². The number of rotatable bonds is 7. The molecule has 0 fully saturated rings. The Morgan fingerprint density at radius 1 is 1.14 bits per heavy atom. The second-order valence-electron chi connectivity index (χ2n) is 8.44. The van der Waals surface area contributed by atoms with E-state index >= 15 is 0 Å². The fourth-order valence-corrected chi connectivity index (χ4v) is 4.28. The van der Waals surface area contributed by atoms with Crippen LogP contribution in [0.5, 0.6) is 0 Å². The summed E-state index contributed by atoms with van der Waals surface area (Å²) in [5.74, 6) is -0.769. The average Bonchev–Trinajstić information content (AvgIpc) is 3.19. The number of nitro benzene ring substituents is 1. The monoisotopic (exact) mass is 472 g/mol. The van der Waals surface area contributed by atoms with Gasteiger partial charge in [-0.25, -0.2) is 9.78 Å². The van der Waals surface area contributed by atoms with E-state index in [0.717, 1.165) is 11.1 Å². The number of hydrogen-bond acceptors (Lipinski definition) is 8. The van der Waals surface area contributed by atoms with Gasteiger partial charge in [0.2, 0.25) is 5.95 Å². The van der Waals surface area contributed by atoms with Gasteiger partial charge in [0.05, 0.1) is 21.7 Å². The van der Waals surface area contributed by atoms with Gasteiger partial charge in [-0.1, -0.05) is 25.1 Å². The zero-order valence-corrected chi connectivity index (χ0v) is 19.2. The first kappa shape index (κ1) is 23.6. The summed E-state index contributed by atoms with van der Waals surface area (Å²) in [4.78, 5) is 35.5. The zero-order valence-electron chi connectivity index (χ0n) is 19.2. The lowest BCUT2D eigenvalue weighted by Gasteiger charge is -2.20. The van der Waals surface area contributed by atoms with E-state index in [1.54, 1.807) is 42.6 Å². The summed E-state index contributed by atoms with van der Waals surface area (Å²) in [6.45, 7) is 3.70. The molecule has 10 heteroatoms. The molecule has 0 bridgehead atoms. The maximum atomic E-state index is 12.1. The molecule has 1 aliphatic rings. The van der Waals surface area contributed by atoms with Crippen LogP contribution in [0.3, 0.4) is 0 Å². The molecule has 1 atom stereocenters. The first-order valence-corrected chi connectivity index (χ1v) is 10.9. The minimum atomic E-state index is -0.986. The summed E-state index contributed by atoms with van der Waals surface area (Å²) >= 11 is 0. The van der Waals surface area contributed by atoms with Crippen molar-refractivity contribution in [2.24, 2.45) is 4.99 Å². The molecular formula is C25H24N6O4. The van der Waals surface area contributed by atoms with Gasteiger partial charge in [-0.3, -0.25) is 15.1 Å². The van der Waals surface area contributed by atoms with E-state index in [1.807, 2.05) is 19.9 Å². The summed E-state index contributed by atoms with van der Waals surface area (Å²) in [5.41, 5.74) is 14.9. The van der Waals surface area contributed by atoms with E-state index in [2.05, 4.69) is 15.0 Å². The van der Waals surface area contributed by atoms with Crippen molar-refractivity contribution in [2.45, 2.75) is 32.2 Å². The number of anilines is 2. The van der Waals surface area contributed by atoms with Crippen molar-refractivity contribution < 1.29 is 14.8 Å². The molecule has 1 aliphatic heterocycles. The van der Waals surface area contributed by atoms with E-state index in [-0.39, 0.29) is 23.0 Å². The molecule has 178 valence electrons. The third-order valence-electron chi connectivity index (χ3n) is 5.97. The maximum Gasteiger partial charge on any atom is 0.335 e. The molecule has 0 saturated heterocycles. The van der Waals surface area contributed by atoms with Crippen molar-refractivity contribution in [1.82, 2.24) is 9.97 Å². The highest BCUT2D eigenvalue weighted by molar-refractivity contribution is 5.88. The highest BCUT2D eigenvalue weighted by atomic mass is 16.6. The normalized spacial score (nSPS) is 16.8. The van der Waals surface area contributed by atoms with Crippen molar-refractivity contribution in [3.63, 3.8) is 0 Å². The Labute approximate surface area is 201 Å². The largest absolute Gasteiger partial charge is 0.478 e. The number of nitrogen functional groups attached to an aromatic ring is 2. The molecule has 35 heavy (non-hydrogen) atoms. The van der Waals surface area contributed by atoms with Gasteiger partial charge in [0.1, 0.15) is 11.4 Å². The number of nitrogens with zero attached hydrogens (tertiary/aromatic N) is 4. The molecule has 1 aromatic heterocycles. The van der Waals surface area contributed by atoms with Crippen LogP contribution in [0.2, 0.25) is 0 Å². The Bertz CT molecular complexity index is 1400. The predicted octanol–water partition coefficient (Wildman–Crippen LogP) is 3.95. The quantitative estimate of drug-likeness (QED) is 0.343. The Morgan fingerprint density at radius 3 is 2.49 bits per heavy atom. The second-order valence-corrected chi connectivity index (χ2v) is 8.44. The van der Waals surface area contributed by atoms with Crippen molar-refractivity contribution in [3.05, 3.63) is 86.6 Å². The van der Waals surface area contributed by atoms with Crippen molar-refractivity contribution in [1.29, 1.82) is 0 Å². The van der Waals surface area contributed by atoms with Crippen LogP contribution in [0.25, 0.3) is 11.1 Å². The van der Waals surface area contributed by atoms with Gasteiger partial charge in [0, 0.05) is 17.8 Å². The molecule has 10 nitrogen and oxygen atoms in total. The highest BCUT2D eigenvalue weighted by Crippen LogP contribution is 2.41. The average molecular weight is 473 g/mol. The third-order valence-corrected chi connectivity index (χ3v) is 5.97. The van der Waals surface area contributed by atoms with Crippen LogP contribution in [-0.4, -0.2) is 32.2 Å². The van der Waals surface area contributed by atoms with Crippen LogP contribution in [0.1, 0.15) is 41.0 Å².